The third-order valence-corrected chi connectivity index (χ3v) is 4.41. The molecule has 88 valence electrons. The first-order valence-corrected chi connectivity index (χ1v) is 8.65. The van der Waals surface area contributed by atoms with Crippen LogP contribution in [0.4, 0.5) is 0 Å². The van der Waals surface area contributed by atoms with E-state index in [0.29, 0.717) is 5.56 Å². The van der Waals surface area contributed by atoms with Crippen molar-refractivity contribution < 1.29 is 14.3 Å². The Balaban J connectivity index is 3.49. The van der Waals surface area contributed by atoms with Gasteiger partial charge in [0.2, 0.25) is 0 Å². The van der Waals surface area contributed by atoms with Crippen LogP contribution in [0.2, 0.25) is 19.6 Å². The molecule has 0 bridgehead atoms. The van der Waals surface area contributed by atoms with E-state index in [9.17, 15) is 4.79 Å². The molecule has 0 amide bonds. The summed E-state index contributed by atoms with van der Waals surface area (Å²) in [6.45, 7) is 6.65. The minimum atomic E-state index is -1.57. The number of benzene rings is 1. The number of hydrogen-bond donors (Lipinski definition) is 0. The second kappa shape index (κ2) is 4.70. The molecule has 16 heavy (non-hydrogen) atoms. The van der Waals surface area contributed by atoms with Gasteiger partial charge in [0.25, 0.3) is 0 Å². The van der Waals surface area contributed by atoms with Crippen molar-refractivity contribution in [2.45, 2.75) is 19.6 Å². The fourth-order valence-corrected chi connectivity index (χ4v) is 3.57. The molecule has 1 rings (SSSR count). The van der Waals surface area contributed by atoms with Crippen molar-refractivity contribution in [1.29, 1.82) is 0 Å². The summed E-state index contributed by atoms with van der Waals surface area (Å²) in [7, 11) is 1.67. The summed E-state index contributed by atoms with van der Waals surface area (Å²) in [5, 5.41) is 1.11. The largest absolute Gasteiger partial charge is 0.497 e. The van der Waals surface area contributed by atoms with Gasteiger partial charge in [0.1, 0.15) is 17.8 Å². The van der Waals surface area contributed by atoms with E-state index in [2.05, 4.69) is 19.6 Å². The van der Waals surface area contributed by atoms with Crippen LogP contribution in [0.15, 0.2) is 12.1 Å². The summed E-state index contributed by atoms with van der Waals surface area (Å²) in [5.41, 5.74) is 0.579. The van der Waals surface area contributed by atoms with Crippen LogP contribution in [-0.2, 0) is 0 Å². The van der Waals surface area contributed by atoms with Crippen molar-refractivity contribution in [2.24, 2.45) is 0 Å². The summed E-state index contributed by atoms with van der Waals surface area (Å²) in [6.07, 6.45) is 0.805. The Hall–Kier alpha value is -1.29. The highest BCUT2D eigenvalue weighted by atomic mass is 28.3. The fraction of sp³-hybridized carbons (Fsp3) is 0.417. The summed E-state index contributed by atoms with van der Waals surface area (Å²) in [4.78, 5) is 10.8. The molecule has 3 nitrogen and oxygen atoms in total. The third-order valence-electron chi connectivity index (χ3n) is 2.41. The minimum absolute atomic E-state index is 0.579. The predicted octanol–water partition coefficient (Wildman–Crippen LogP) is 2.06. The van der Waals surface area contributed by atoms with E-state index in [-0.39, 0.29) is 0 Å². The SMILES string of the molecule is COc1cc(C=O)cc(OC)c1[Si](C)(C)C. The van der Waals surface area contributed by atoms with E-state index in [1.807, 2.05) is 0 Å². The Morgan fingerprint density at radius 3 is 1.75 bits per heavy atom. The normalized spacial score (nSPS) is 11.1. The second-order valence-corrected chi connectivity index (χ2v) is 9.67. The molecule has 0 heterocycles. The van der Waals surface area contributed by atoms with Crippen molar-refractivity contribution >= 4 is 19.5 Å². The van der Waals surface area contributed by atoms with Gasteiger partial charge in [0, 0.05) is 10.8 Å². The average molecular weight is 238 g/mol. The quantitative estimate of drug-likeness (QED) is 0.595. The number of carbonyl (C=O) groups is 1. The zero-order valence-corrected chi connectivity index (χ0v) is 11.5. The molecule has 0 aliphatic heterocycles. The lowest BCUT2D eigenvalue weighted by Gasteiger charge is -2.23. The maximum absolute atomic E-state index is 10.8. The molecule has 0 fully saturated rings. The van der Waals surface area contributed by atoms with Crippen LogP contribution < -0.4 is 14.7 Å². The number of aldehydes is 1. The topological polar surface area (TPSA) is 35.5 Å². The van der Waals surface area contributed by atoms with Crippen LogP contribution in [0.5, 0.6) is 11.5 Å². The Labute approximate surface area is 97.4 Å². The smallest absolute Gasteiger partial charge is 0.150 e. The molecule has 4 heteroatoms. The van der Waals surface area contributed by atoms with Gasteiger partial charge in [0.15, 0.2) is 0 Å². The Kier molecular flexibility index (Phi) is 3.75. The monoisotopic (exact) mass is 238 g/mol. The molecule has 0 unspecified atom stereocenters. The number of ether oxygens (including phenoxy) is 2. The van der Waals surface area contributed by atoms with Gasteiger partial charge in [-0.3, -0.25) is 4.79 Å². The van der Waals surface area contributed by atoms with Gasteiger partial charge in [-0.15, -0.1) is 0 Å². The number of methoxy groups -OCH3 is 2. The van der Waals surface area contributed by atoms with Crippen molar-refractivity contribution in [3.8, 4) is 11.5 Å². The highest BCUT2D eigenvalue weighted by Crippen LogP contribution is 2.24. The summed E-state index contributed by atoms with van der Waals surface area (Å²) >= 11 is 0. The van der Waals surface area contributed by atoms with Gasteiger partial charge in [0.05, 0.1) is 22.3 Å². The molecule has 0 saturated carbocycles. The molecule has 0 saturated heterocycles. The van der Waals surface area contributed by atoms with Gasteiger partial charge < -0.3 is 9.47 Å². The van der Waals surface area contributed by atoms with E-state index in [1.165, 1.54) is 0 Å². The van der Waals surface area contributed by atoms with Crippen molar-refractivity contribution in [2.75, 3.05) is 14.2 Å². The van der Waals surface area contributed by atoms with Crippen molar-refractivity contribution in [3.63, 3.8) is 0 Å². The summed E-state index contributed by atoms with van der Waals surface area (Å²) in [5.74, 6) is 1.50. The Morgan fingerprint density at radius 1 is 1.06 bits per heavy atom. The molecule has 0 N–H and O–H groups in total. The molecule has 0 aliphatic rings. The molecule has 1 aromatic rings. The molecule has 0 radical (unpaired) electrons. The maximum atomic E-state index is 10.8. The highest BCUT2D eigenvalue weighted by Gasteiger charge is 2.26. The van der Waals surface area contributed by atoms with Gasteiger partial charge in [-0.2, -0.15) is 0 Å². The van der Waals surface area contributed by atoms with E-state index < -0.39 is 8.07 Å². The zero-order valence-electron chi connectivity index (χ0n) is 10.5. The first-order valence-electron chi connectivity index (χ1n) is 5.15. The zero-order chi connectivity index (χ0) is 12.3. The fourth-order valence-electron chi connectivity index (χ4n) is 1.74. The molecule has 0 aromatic heterocycles. The van der Waals surface area contributed by atoms with Crippen molar-refractivity contribution in [1.82, 2.24) is 0 Å². The first kappa shape index (κ1) is 12.8. The van der Waals surface area contributed by atoms with Crippen LogP contribution in [0.3, 0.4) is 0 Å². The van der Waals surface area contributed by atoms with E-state index in [4.69, 9.17) is 9.47 Å². The minimum Gasteiger partial charge on any atom is -0.497 e. The van der Waals surface area contributed by atoms with E-state index >= 15 is 0 Å². The summed E-state index contributed by atoms with van der Waals surface area (Å²) < 4.78 is 10.7. The van der Waals surface area contributed by atoms with Gasteiger partial charge in [-0.05, 0) is 12.1 Å². The molecular weight excluding hydrogens is 220 g/mol. The lowest BCUT2D eigenvalue weighted by atomic mass is 10.2. The first-order chi connectivity index (χ1) is 7.43. The highest BCUT2D eigenvalue weighted by molar-refractivity contribution is 6.90. The van der Waals surface area contributed by atoms with Crippen LogP contribution in [-0.4, -0.2) is 28.6 Å². The van der Waals surface area contributed by atoms with Crippen LogP contribution in [0.1, 0.15) is 10.4 Å². The lowest BCUT2D eigenvalue weighted by molar-refractivity contribution is 0.112. The predicted molar refractivity (Wildman–Crippen MR) is 67.9 cm³/mol. The molecule has 0 atom stereocenters. The van der Waals surface area contributed by atoms with E-state index in [0.717, 1.165) is 23.0 Å². The average Bonchev–Trinajstić information content (AvgIpc) is 2.25. The number of carbonyl (C=O) groups excluding carboxylic acids is 1. The van der Waals surface area contributed by atoms with Crippen LogP contribution in [0.25, 0.3) is 0 Å². The molecule has 0 aliphatic carbocycles. The van der Waals surface area contributed by atoms with Gasteiger partial charge >= 0.3 is 0 Å². The van der Waals surface area contributed by atoms with E-state index in [1.54, 1.807) is 26.4 Å². The van der Waals surface area contributed by atoms with Gasteiger partial charge in [-0.1, -0.05) is 19.6 Å². The molecule has 1 aromatic carbocycles. The van der Waals surface area contributed by atoms with Crippen LogP contribution in [0, 0.1) is 0 Å². The Bertz CT molecular complexity index is 369. The second-order valence-electron chi connectivity index (χ2n) is 4.67. The lowest BCUT2D eigenvalue weighted by Crippen LogP contribution is -2.39. The number of rotatable bonds is 4. The third kappa shape index (κ3) is 2.44. The maximum Gasteiger partial charge on any atom is 0.150 e. The number of hydrogen-bond acceptors (Lipinski definition) is 3. The molecule has 0 spiro atoms. The summed E-state index contributed by atoms with van der Waals surface area (Å²) in [6, 6.07) is 3.53. The van der Waals surface area contributed by atoms with Crippen LogP contribution >= 0.6 is 0 Å². The molecular formula is C12H18O3Si. The van der Waals surface area contributed by atoms with Crippen molar-refractivity contribution in [3.05, 3.63) is 17.7 Å². The Morgan fingerprint density at radius 2 is 1.50 bits per heavy atom. The standard InChI is InChI=1S/C12H18O3Si/c1-14-10-6-9(8-13)7-11(15-2)12(10)16(3,4)5/h6-8H,1-5H3. The van der Waals surface area contributed by atoms with Gasteiger partial charge in [-0.25, -0.2) is 0 Å².